The van der Waals surface area contributed by atoms with Crippen molar-refractivity contribution in [3.63, 3.8) is 0 Å². The summed E-state index contributed by atoms with van der Waals surface area (Å²) in [5.74, 6) is -0.783. The molecule has 0 aliphatic heterocycles. The maximum atomic E-state index is 10.6. The zero-order valence-corrected chi connectivity index (χ0v) is 11.6. The number of carboxylic acids is 1. The lowest BCUT2D eigenvalue weighted by atomic mass is 10.0. The Bertz CT molecular complexity index is 658. The van der Waals surface area contributed by atoms with E-state index >= 15 is 0 Å². The lowest BCUT2D eigenvalue weighted by Gasteiger charge is -2.05. The highest BCUT2D eigenvalue weighted by Crippen LogP contribution is 2.28. The average molecular weight is 270 g/mol. The molecule has 1 aromatic carbocycles. The van der Waals surface area contributed by atoms with Crippen LogP contribution < -0.4 is 0 Å². The van der Waals surface area contributed by atoms with Gasteiger partial charge in [0.2, 0.25) is 0 Å². The number of hydrogen-bond acceptors (Lipinski definition) is 2. The molecule has 0 amide bonds. The maximum Gasteiger partial charge on any atom is 0.303 e. The van der Waals surface area contributed by atoms with Crippen molar-refractivity contribution in [3.8, 4) is 11.3 Å². The SMILES string of the molecule is Cn1nc(CCC(=O)O)cc1-c1ccc2c(c1)CCC2. The number of aryl methyl sites for hydroxylation is 4. The predicted octanol–water partition coefficient (Wildman–Crippen LogP) is 2.59. The molecule has 0 saturated heterocycles. The second kappa shape index (κ2) is 5.12. The number of fused-ring (bicyclic) bond motifs is 1. The number of carboxylic acid groups (broad SMARTS) is 1. The van der Waals surface area contributed by atoms with Gasteiger partial charge in [-0.15, -0.1) is 0 Å². The molecule has 0 spiro atoms. The van der Waals surface area contributed by atoms with Gasteiger partial charge >= 0.3 is 5.97 Å². The third-order valence-electron chi connectivity index (χ3n) is 3.92. The van der Waals surface area contributed by atoms with E-state index in [1.807, 2.05) is 17.8 Å². The van der Waals surface area contributed by atoms with Gasteiger partial charge in [0.1, 0.15) is 0 Å². The monoisotopic (exact) mass is 270 g/mol. The van der Waals surface area contributed by atoms with Crippen LogP contribution in [0, 0.1) is 0 Å². The molecule has 0 saturated carbocycles. The van der Waals surface area contributed by atoms with Crippen LogP contribution in [0.3, 0.4) is 0 Å². The van der Waals surface area contributed by atoms with Gasteiger partial charge in [0.25, 0.3) is 0 Å². The molecule has 0 atom stereocenters. The van der Waals surface area contributed by atoms with Crippen LogP contribution >= 0.6 is 0 Å². The molecule has 1 N–H and O–H groups in total. The first-order valence-electron chi connectivity index (χ1n) is 7.00. The van der Waals surface area contributed by atoms with Crippen LogP contribution in [0.25, 0.3) is 11.3 Å². The van der Waals surface area contributed by atoms with E-state index in [2.05, 4.69) is 23.3 Å². The topological polar surface area (TPSA) is 55.1 Å². The van der Waals surface area contributed by atoms with Crippen LogP contribution in [0.1, 0.15) is 29.7 Å². The number of carbonyl (C=O) groups is 1. The highest BCUT2D eigenvalue weighted by Gasteiger charge is 2.14. The lowest BCUT2D eigenvalue weighted by molar-refractivity contribution is -0.136. The van der Waals surface area contributed by atoms with Crippen molar-refractivity contribution < 1.29 is 9.90 Å². The Labute approximate surface area is 118 Å². The first kappa shape index (κ1) is 12.9. The summed E-state index contributed by atoms with van der Waals surface area (Å²) in [6.07, 6.45) is 4.19. The number of nitrogens with zero attached hydrogens (tertiary/aromatic N) is 2. The van der Waals surface area contributed by atoms with E-state index in [-0.39, 0.29) is 6.42 Å². The van der Waals surface area contributed by atoms with Crippen LogP contribution in [0.5, 0.6) is 0 Å². The molecule has 4 nitrogen and oxygen atoms in total. The fourth-order valence-electron chi connectivity index (χ4n) is 2.89. The molecule has 0 bridgehead atoms. The van der Waals surface area contributed by atoms with Gasteiger partial charge in [-0.1, -0.05) is 12.1 Å². The number of aromatic nitrogens is 2. The summed E-state index contributed by atoms with van der Waals surface area (Å²) in [6.45, 7) is 0. The van der Waals surface area contributed by atoms with Crippen molar-refractivity contribution >= 4 is 5.97 Å². The first-order chi connectivity index (χ1) is 9.63. The molecule has 4 heteroatoms. The van der Waals surface area contributed by atoms with E-state index in [0.29, 0.717) is 6.42 Å². The van der Waals surface area contributed by atoms with Crippen molar-refractivity contribution in [3.05, 3.63) is 41.1 Å². The number of rotatable bonds is 4. The Hall–Kier alpha value is -2.10. The minimum Gasteiger partial charge on any atom is -0.481 e. The second-order valence-corrected chi connectivity index (χ2v) is 5.38. The molecule has 0 unspecified atom stereocenters. The summed E-state index contributed by atoms with van der Waals surface area (Å²) in [5, 5.41) is 13.1. The van der Waals surface area contributed by atoms with E-state index in [1.54, 1.807) is 0 Å². The van der Waals surface area contributed by atoms with Crippen LogP contribution in [0.4, 0.5) is 0 Å². The zero-order valence-electron chi connectivity index (χ0n) is 11.6. The third kappa shape index (κ3) is 2.46. The molecule has 1 aliphatic carbocycles. The van der Waals surface area contributed by atoms with Crippen LogP contribution in [0.15, 0.2) is 24.3 Å². The molecule has 1 aliphatic rings. The molecule has 0 fully saturated rings. The summed E-state index contributed by atoms with van der Waals surface area (Å²) in [7, 11) is 1.91. The highest BCUT2D eigenvalue weighted by atomic mass is 16.4. The Balaban J connectivity index is 1.88. The zero-order chi connectivity index (χ0) is 14.1. The summed E-state index contributed by atoms with van der Waals surface area (Å²) < 4.78 is 1.84. The Morgan fingerprint density at radius 2 is 2.10 bits per heavy atom. The van der Waals surface area contributed by atoms with Gasteiger partial charge in [0.15, 0.2) is 0 Å². The second-order valence-electron chi connectivity index (χ2n) is 5.38. The quantitative estimate of drug-likeness (QED) is 0.929. The maximum absolute atomic E-state index is 10.6. The van der Waals surface area contributed by atoms with Gasteiger partial charge < -0.3 is 5.11 Å². The van der Waals surface area contributed by atoms with Gasteiger partial charge in [-0.2, -0.15) is 5.10 Å². The molecule has 104 valence electrons. The summed E-state index contributed by atoms with van der Waals surface area (Å²) in [5.41, 5.74) is 5.96. The molecule has 2 aromatic rings. The fourth-order valence-corrected chi connectivity index (χ4v) is 2.89. The molecule has 20 heavy (non-hydrogen) atoms. The van der Waals surface area contributed by atoms with E-state index in [1.165, 1.54) is 29.5 Å². The van der Waals surface area contributed by atoms with Crippen LogP contribution in [0.2, 0.25) is 0 Å². The van der Waals surface area contributed by atoms with E-state index in [9.17, 15) is 4.79 Å². The number of benzene rings is 1. The van der Waals surface area contributed by atoms with Gasteiger partial charge in [0, 0.05) is 19.0 Å². The van der Waals surface area contributed by atoms with E-state index in [4.69, 9.17) is 5.11 Å². The molecule has 3 rings (SSSR count). The standard InChI is InChI=1S/C16H18N2O2/c1-18-15(10-14(17-18)7-8-16(19)20)13-6-5-11-3-2-4-12(11)9-13/h5-6,9-10H,2-4,7-8H2,1H3,(H,19,20). The Kier molecular flexibility index (Phi) is 3.30. The third-order valence-corrected chi connectivity index (χ3v) is 3.92. The normalized spacial score (nSPS) is 13.4. The van der Waals surface area contributed by atoms with Crippen LogP contribution in [-0.2, 0) is 31.1 Å². The van der Waals surface area contributed by atoms with Gasteiger partial charge in [-0.25, -0.2) is 0 Å². The van der Waals surface area contributed by atoms with E-state index < -0.39 is 5.97 Å². The smallest absolute Gasteiger partial charge is 0.303 e. The molecule has 1 aromatic heterocycles. The molecular weight excluding hydrogens is 252 g/mol. The Morgan fingerprint density at radius 1 is 1.30 bits per heavy atom. The largest absolute Gasteiger partial charge is 0.481 e. The van der Waals surface area contributed by atoms with Gasteiger partial charge in [0.05, 0.1) is 17.8 Å². The first-order valence-corrected chi connectivity index (χ1v) is 7.00. The predicted molar refractivity (Wildman–Crippen MR) is 76.6 cm³/mol. The number of hydrogen-bond donors (Lipinski definition) is 1. The minimum absolute atomic E-state index is 0.126. The lowest BCUT2D eigenvalue weighted by Crippen LogP contribution is -1.99. The van der Waals surface area contributed by atoms with Gasteiger partial charge in [-0.3, -0.25) is 9.48 Å². The Morgan fingerprint density at radius 3 is 2.90 bits per heavy atom. The summed E-state index contributed by atoms with van der Waals surface area (Å²) in [6, 6.07) is 8.60. The van der Waals surface area contributed by atoms with Crippen molar-refractivity contribution in [2.45, 2.75) is 32.1 Å². The fraction of sp³-hybridized carbons (Fsp3) is 0.375. The van der Waals surface area contributed by atoms with Crippen molar-refractivity contribution in [2.24, 2.45) is 7.05 Å². The molecule has 0 radical (unpaired) electrons. The minimum atomic E-state index is -0.783. The molecular formula is C16H18N2O2. The molecule has 1 heterocycles. The number of aliphatic carboxylic acids is 1. The van der Waals surface area contributed by atoms with Crippen molar-refractivity contribution in [2.75, 3.05) is 0 Å². The van der Waals surface area contributed by atoms with Crippen LogP contribution in [-0.4, -0.2) is 20.9 Å². The van der Waals surface area contributed by atoms with E-state index in [0.717, 1.165) is 17.8 Å². The summed E-state index contributed by atoms with van der Waals surface area (Å²) >= 11 is 0. The average Bonchev–Trinajstić information content (AvgIpc) is 3.01. The van der Waals surface area contributed by atoms with Gasteiger partial charge in [-0.05, 0) is 42.5 Å². The summed E-state index contributed by atoms with van der Waals surface area (Å²) in [4.78, 5) is 10.6. The van der Waals surface area contributed by atoms with Crippen molar-refractivity contribution in [1.29, 1.82) is 0 Å². The highest BCUT2D eigenvalue weighted by molar-refractivity contribution is 5.67. The van der Waals surface area contributed by atoms with Crippen molar-refractivity contribution in [1.82, 2.24) is 9.78 Å².